The van der Waals surface area contributed by atoms with Gasteiger partial charge in [-0.2, -0.15) is 8.42 Å². The van der Waals surface area contributed by atoms with Crippen LogP contribution in [0.1, 0.15) is 12.5 Å². The van der Waals surface area contributed by atoms with Gasteiger partial charge in [0.2, 0.25) is 0 Å². The number of hydrogen-bond acceptors (Lipinski definition) is 4. The molecule has 0 unspecified atom stereocenters. The Balaban J connectivity index is 0.000000494. The lowest BCUT2D eigenvalue weighted by molar-refractivity contribution is 0.302. The number of nitrogens with zero attached hydrogens (tertiary/aromatic N) is 1. The van der Waals surface area contributed by atoms with Crippen molar-refractivity contribution in [3.63, 3.8) is 0 Å². The normalized spacial score (nSPS) is 10.5. The van der Waals surface area contributed by atoms with Crippen molar-refractivity contribution in [1.82, 2.24) is 0 Å². The Morgan fingerprint density at radius 3 is 2.11 bits per heavy atom. The summed E-state index contributed by atoms with van der Waals surface area (Å²) in [6.45, 7) is 6.05. The largest absolute Gasteiger partial charge is 0.395 e. The standard InChI is InChI=1S/C11H17NO.H2O4S/c1-3-12(8-9-13)11-7-5-4-6-10(11)2;1-5(2,3)4/h4-7,13H,3,8-9H2,1-2H3;(H2,1,2,3,4). The maximum absolute atomic E-state index is 8.88. The van der Waals surface area contributed by atoms with E-state index in [1.807, 2.05) is 12.1 Å². The first-order valence-electron chi connectivity index (χ1n) is 5.41. The van der Waals surface area contributed by atoms with Gasteiger partial charge >= 0.3 is 10.4 Å². The van der Waals surface area contributed by atoms with Gasteiger partial charge in [0.25, 0.3) is 0 Å². The maximum atomic E-state index is 8.88. The second-order valence-electron chi connectivity index (χ2n) is 3.54. The van der Waals surface area contributed by atoms with Gasteiger partial charge in [-0.1, -0.05) is 18.2 Å². The summed E-state index contributed by atoms with van der Waals surface area (Å²) in [5, 5.41) is 8.88. The molecule has 0 atom stereocenters. The minimum absolute atomic E-state index is 0.210. The predicted octanol–water partition coefficient (Wildman–Crippen LogP) is 1.16. The minimum atomic E-state index is -4.67. The molecule has 0 heterocycles. The molecule has 6 nitrogen and oxygen atoms in total. The zero-order valence-corrected chi connectivity index (χ0v) is 11.3. The highest BCUT2D eigenvalue weighted by molar-refractivity contribution is 7.79. The fourth-order valence-corrected chi connectivity index (χ4v) is 1.49. The van der Waals surface area contributed by atoms with Crippen molar-refractivity contribution in [3.8, 4) is 0 Å². The van der Waals surface area contributed by atoms with E-state index in [9.17, 15) is 0 Å². The van der Waals surface area contributed by atoms with Crippen molar-refractivity contribution < 1.29 is 22.6 Å². The molecule has 0 aliphatic rings. The van der Waals surface area contributed by atoms with Crippen LogP contribution in [0.15, 0.2) is 24.3 Å². The van der Waals surface area contributed by atoms with E-state index in [0.29, 0.717) is 6.54 Å². The van der Waals surface area contributed by atoms with Crippen LogP contribution in [-0.2, 0) is 10.4 Å². The number of likely N-dealkylation sites (N-methyl/N-ethyl adjacent to an activating group) is 1. The van der Waals surface area contributed by atoms with Crippen LogP contribution >= 0.6 is 0 Å². The molecule has 3 N–H and O–H groups in total. The molecule has 0 saturated heterocycles. The number of aliphatic hydroxyl groups excluding tert-OH is 1. The number of benzene rings is 1. The van der Waals surface area contributed by atoms with Crippen LogP contribution in [0.3, 0.4) is 0 Å². The van der Waals surface area contributed by atoms with Crippen molar-refractivity contribution in [1.29, 1.82) is 0 Å². The highest BCUT2D eigenvalue weighted by Gasteiger charge is 2.04. The Morgan fingerprint density at radius 2 is 1.72 bits per heavy atom. The third kappa shape index (κ3) is 8.02. The van der Waals surface area contributed by atoms with E-state index >= 15 is 0 Å². The molecule has 0 amide bonds. The summed E-state index contributed by atoms with van der Waals surface area (Å²) in [7, 11) is -4.67. The molecular formula is C11H19NO5S. The van der Waals surface area contributed by atoms with Gasteiger partial charge in [-0.15, -0.1) is 0 Å². The molecule has 0 spiro atoms. The molecule has 0 aliphatic carbocycles. The van der Waals surface area contributed by atoms with E-state index in [4.69, 9.17) is 22.6 Å². The minimum Gasteiger partial charge on any atom is -0.395 e. The summed E-state index contributed by atoms with van der Waals surface area (Å²) in [6.07, 6.45) is 0. The van der Waals surface area contributed by atoms with Crippen LogP contribution in [-0.4, -0.2) is 42.3 Å². The van der Waals surface area contributed by atoms with Crippen LogP contribution < -0.4 is 4.90 Å². The Labute approximate surface area is 107 Å². The molecule has 0 radical (unpaired) electrons. The molecule has 18 heavy (non-hydrogen) atoms. The van der Waals surface area contributed by atoms with Crippen LogP contribution in [0.4, 0.5) is 5.69 Å². The maximum Gasteiger partial charge on any atom is 0.394 e. The van der Waals surface area contributed by atoms with E-state index < -0.39 is 10.4 Å². The second-order valence-corrected chi connectivity index (χ2v) is 4.43. The van der Waals surface area contributed by atoms with Crippen molar-refractivity contribution in [3.05, 3.63) is 29.8 Å². The molecule has 0 aliphatic heterocycles. The smallest absolute Gasteiger partial charge is 0.394 e. The van der Waals surface area contributed by atoms with Gasteiger partial charge in [-0.05, 0) is 25.5 Å². The van der Waals surface area contributed by atoms with E-state index in [-0.39, 0.29) is 6.61 Å². The average molecular weight is 277 g/mol. The predicted molar refractivity (Wildman–Crippen MR) is 70.3 cm³/mol. The number of rotatable bonds is 4. The Morgan fingerprint density at radius 1 is 1.22 bits per heavy atom. The van der Waals surface area contributed by atoms with Gasteiger partial charge in [0.05, 0.1) is 6.61 Å². The van der Waals surface area contributed by atoms with Gasteiger partial charge < -0.3 is 10.0 Å². The van der Waals surface area contributed by atoms with E-state index in [1.165, 1.54) is 11.3 Å². The Kier molecular flexibility index (Phi) is 7.53. The quantitative estimate of drug-likeness (QED) is 0.714. The van der Waals surface area contributed by atoms with E-state index in [1.54, 1.807) is 0 Å². The molecule has 0 bridgehead atoms. The first kappa shape index (κ1) is 16.9. The first-order valence-corrected chi connectivity index (χ1v) is 6.80. The molecule has 0 fully saturated rings. The van der Waals surface area contributed by atoms with Crippen LogP contribution in [0.25, 0.3) is 0 Å². The molecule has 1 aromatic rings. The van der Waals surface area contributed by atoms with Crippen molar-refractivity contribution in [2.75, 3.05) is 24.6 Å². The molecule has 0 saturated carbocycles. The summed E-state index contributed by atoms with van der Waals surface area (Å²) in [6, 6.07) is 8.25. The Bertz CT molecular complexity index is 439. The number of hydrogen-bond donors (Lipinski definition) is 3. The lowest BCUT2D eigenvalue weighted by atomic mass is 10.2. The van der Waals surface area contributed by atoms with Crippen LogP contribution in [0.2, 0.25) is 0 Å². The van der Waals surface area contributed by atoms with Crippen LogP contribution in [0, 0.1) is 6.92 Å². The molecule has 1 aromatic carbocycles. The zero-order valence-electron chi connectivity index (χ0n) is 10.4. The molecule has 0 aromatic heterocycles. The van der Waals surface area contributed by atoms with Crippen molar-refractivity contribution in [2.45, 2.75) is 13.8 Å². The first-order chi connectivity index (χ1) is 8.29. The number of para-hydroxylation sites is 1. The molecule has 104 valence electrons. The van der Waals surface area contributed by atoms with Crippen molar-refractivity contribution >= 4 is 16.1 Å². The summed E-state index contributed by atoms with van der Waals surface area (Å²) in [5.74, 6) is 0. The zero-order chi connectivity index (χ0) is 14.2. The van der Waals surface area contributed by atoms with Gasteiger partial charge in [0.15, 0.2) is 0 Å². The average Bonchev–Trinajstić information content (AvgIpc) is 2.25. The fourth-order valence-electron chi connectivity index (χ4n) is 1.49. The van der Waals surface area contributed by atoms with Gasteiger partial charge in [-0.3, -0.25) is 9.11 Å². The summed E-state index contributed by atoms with van der Waals surface area (Å²) in [5.41, 5.74) is 2.48. The monoisotopic (exact) mass is 277 g/mol. The second kappa shape index (κ2) is 8.04. The number of aryl methyl sites for hydroxylation is 1. The van der Waals surface area contributed by atoms with Crippen molar-refractivity contribution in [2.24, 2.45) is 0 Å². The fraction of sp³-hybridized carbons (Fsp3) is 0.455. The topological polar surface area (TPSA) is 98.1 Å². The third-order valence-corrected chi connectivity index (χ3v) is 2.21. The SMILES string of the molecule is CCN(CCO)c1ccccc1C.O=S(=O)(O)O. The summed E-state index contributed by atoms with van der Waals surface area (Å²) in [4.78, 5) is 2.18. The van der Waals surface area contributed by atoms with E-state index in [2.05, 4.69) is 30.9 Å². The highest BCUT2D eigenvalue weighted by Crippen LogP contribution is 2.18. The van der Waals surface area contributed by atoms with Gasteiger partial charge in [0, 0.05) is 18.8 Å². The third-order valence-electron chi connectivity index (χ3n) is 2.21. The van der Waals surface area contributed by atoms with Gasteiger partial charge in [-0.25, -0.2) is 0 Å². The Hall–Kier alpha value is -1.15. The lowest BCUT2D eigenvalue weighted by Crippen LogP contribution is -2.26. The van der Waals surface area contributed by atoms with Gasteiger partial charge in [0.1, 0.15) is 0 Å². The number of anilines is 1. The summed E-state index contributed by atoms with van der Waals surface area (Å²) >= 11 is 0. The number of aliphatic hydroxyl groups is 1. The molecule has 1 rings (SSSR count). The van der Waals surface area contributed by atoms with E-state index in [0.717, 1.165) is 6.54 Å². The van der Waals surface area contributed by atoms with Crippen LogP contribution in [0.5, 0.6) is 0 Å². The summed E-state index contributed by atoms with van der Waals surface area (Å²) < 4.78 is 31.6. The highest BCUT2D eigenvalue weighted by atomic mass is 32.3. The molecule has 7 heteroatoms. The lowest BCUT2D eigenvalue weighted by Gasteiger charge is -2.23. The molecular weight excluding hydrogens is 258 g/mol.